The molecule has 4 atom stereocenters. The van der Waals surface area contributed by atoms with Crippen molar-refractivity contribution in [1.82, 2.24) is 44.3 Å². The number of amides is 2. The monoisotopic (exact) mass is 915 g/mol. The van der Waals surface area contributed by atoms with Crippen molar-refractivity contribution in [3.8, 4) is 11.4 Å². The lowest BCUT2D eigenvalue weighted by atomic mass is 9.89. The number of halogens is 6. The van der Waals surface area contributed by atoms with Gasteiger partial charge < -0.3 is 25.0 Å². The Morgan fingerprint density at radius 1 is 0.652 bits per heavy atom. The van der Waals surface area contributed by atoms with E-state index in [1.165, 1.54) is 16.9 Å². The van der Waals surface area contributed by atoms with Gasteiger partial charge in [0, 0.05) is 51.0 Å². The van der Waals surface area contributed by atoms with Gasteiger partial charge in [-0.1, -0.05) is 37.1 Å². The number of aryl methyl sites for hydroxylation is 2. The van der Waals surface area contributed by atoms with Crippen molar-refractivity contribution in [2.24, 2.45) is 11.8 Å². The molecule has 2 saturated heterocycles. The standard InChI is InChI=1S/C24H26F3N5O.C23H25F3N6O/c1-16-5-7-20(31-11-9-28-15-31)19(12-16)23(33)32-10-3-4-17(2)21(32)14-30-22-8-6-18(13-29-22)24(25,26)27;1-15-5-7-19(32-29-9-10-30-32)18(12-15)22(33)31-11-3-4-16(2)20(31)14-28-21-8-6-17(13-27-21)23(24,25)26/h5-9,11-13,15,17,21H,3-4,10,14H2,1-2H3,(H,29,30);5-10,12-13,16,20H,3-4,11,14H2,1-2H3,(H,27,28)/t17-,21-;16-,20-/m11/s1. The first-order chi connectivity index (χ1) is 31.5. The molecule has 4 aromatic heterocycles. The molecule has 6 aromatic rings. The molecule has 2 amide bonds. The number of imidazole rings is 1. The van der Waals surface area contributed by atoms with Gasteiger partial charge in [0.25, 0.3) is 11.8 Å². The van der Waals surface area contributed by atoms with Crippen LogP contribution in [0.5, 0.6) is 0 Å². The molecule has 2 aliphatic rings. The fraction of sp³-hybridized carbons (Fsp3) is 0.383. The molecule has 0 radical (unpaired) electrons. The van der Waals surface area contributed by atoms with Gasteiger partial charge in [-0.25, -0.2) is 15.0 Å². The second-order valence-electron chi connectivity index (χ2n) is 16.8. The second-order valence-corrected chi connectivity index (χ2v) is 16.8. The topological polar surface area (TPSA) is 139 Å². The lowest BCUT2D eigenvalue weighted by Crippen LogP contribution is -2.51. The number of carbonyl (C=O) groups is 2. The van der Waals surface area contributed by atoms with E-state index in [-0.39, 0.29) is 35.7 Å². The maximum absolute atomic E-state index is 13.7. The van der Waals surface area contributed by atoms with Gasteiger partial charge in [-0.2, -0.15) is 41.3 Å². The summed E-state index contributed by atoms with van der Waals surface area (Å²) in [5, 5.41) is 14.6. The Kier molecular flexibility index (Phi) is 14.4. The molecule has 0 saturated carbocycles. The molecule has 348 valence electrons. The van der Waals surface area contributed by atoms with E-state index in [0.717, 1.165) is 67.0 Å². The van der Waals surface area contributed by atoms with Crippen LogP contribution < -0.4 is 10.6 Å². The van der Waals surface area contributed by atoms with E-state index < -0.39 is 23.5 Å². The average Bonchev–Trinajstić information content (AvgIpc) is 4.04. The summed E-state index contributed by atoms with van der Waals surface area (Å²) >= 11 is 0. The molecule has 0 bridgehead atoms. The summed E-state index contributed by atoms with van der Waals surface area (Å²) in [6.07, 6.45) is 4.72. The highest BCUT2D eigenvalue weighted by Gasteiger charge is 2.36. The normalized spacial score (nSPS) is 18.9. The summed E-state index contributed by atoms with van der Waals surface area (Å²) in [4.78, 5) is 44.4. The number of alkyl halides is 6. The number of rotatable bonds is 10. The van der Waals surface area contributed by atoms with Crippen molar-refractivity contribution in [1.29, 1.82) is 0 Å². The van der Waals surface area contributed by atoms with Gasteiger partial charge in [0.1, 0.15) is 11.6 Å². The summed E-state index contributed by atoms with van der Waals surface area (Å²) in [5.74, 6) is 0.936. The molecule has 0 aliphatic carbocycles. The number of carbonyl (C=O) groups excluding carboxylic acids is 2. The van der Waals surface area contributed by atoms with Gasteiger partial charge >= 0.3 is 12.4 Å². The van der Waals surface area contributed by atoms with Crippen LogP contribution in [0, 0.1) is 25.7 Å². The quantitative estimate of drug-likeness (QED) is 0.129. The average molecular weight is 916 g/mol. The van der Waals surface area contributed by atoms with Crippen LogP contribution in [-0.4, -0.2) is 94.4 Å². The van der Waals surface area contributed by atoms with E-state index in [0.29, 0.717) is 54.6 Å². The first-order valence-corrected chi connectivity index (χ1v) is 21.7. The molecular weight excluding hydrogens is 865 g/mol. The van der Waals surface area contributed by atoms with Gasteiger partial charge in [0.2, 0.25) is 0 Å². The number of aromatic nitrogens is 7. The number of pyridine rings is 2. The number of hydrogen-bond acceptors (Lipinski definition) is 9. The zero-order valence-electron chi connectivity index (χ0n) is 36.9. The van der Waals surface area contributed by atoms with Crippen LogP contribution in [0.25, 0.3) is 11.4 Å². The summed E-state index contributed by atoms with van der Waals surface area (Å²) in [6, 6.07) is 15.7. The summed E-state index contributed by atoms with van der Waals surface area (Å²) in [7, 11) is 0. The predicted octanol–water partition coefficient (Wildman–Crippen LogP) is 9.29. The van der Waals surface area contributed by atoms with E-state index >= 15 is 0 Å². The van der Waals surface area contributed by atoms with Crippen molar-refractivity contribution < 1.29 is 35.9 Å². The van der Waals surface area contributed by atoms with Crippen LogP contribution in [-0.2, 0) is 12.4 Å². The first kappa shape index (κ1) is 47.2. The number of likely N-dealkylation sites (tertiary alicyclic amines) is 2. The van der Waals surface area contributed by atoms with E-state index in [4.69, 9.17) is 0 Å². The minimum absolute atomic E-state index is 0.0684. The molecule has 2 N–H and O–H groups in total. The van der Waals surface area contributed by atoms with Crippen LogP contribution in [0.15, 0.2) is 104 Å². The van der Waals surface area contributed by atoms with Crippen molar-refractivity contribution in [2.75, 3.05) is 36.8 Å². The van der Waals surface area contributed by atoms with Crippen LogP contribution in [0.4, 0.5) is 38.0 Å². The van der Waals surface area contributed by atoms with Crippen molar-refractivity contribution >= 4 is 23.5 Å². The number of benzene rings is 2. The van der Waals surface area contributed by atoms with Crippen molar-refractivity contribution in [3.63, 3.8) is 0 Å². The molecule has 8 rings (SSSR count). The Balaban J connectivity index is 0.000000196. The lowest BCUT2D eigenvalue weighted by molar-refractivity contribution is -0.138. The van der Waals surface area contributed by atoms with E-state index in [2.05, 4.69) is 49.6 Å². The van der Waals surface area contributed by atoms with Crippen LogP contribution in [0.1, 0.15) is 82.5 Å². The fourth-order valence-electron chi connectivity index (χ4n) is 8.47. The smallest absolute Gasteiger partial charge is 0.368 e. The Bertz CT molecular complexity index is 2370. The van der Waals surface area contributed by atoms with Gasteiger partial charge in [-0.3, -0.25) is 9.59 Å². The zero-order valence-corrected chi connectivity index (χ0v) is 36.9. The highest BCUT2D eigenvalue weighted by atomic mass is 19.4. The van der Waals surface area contributed by atoms with Gasteiger partial charge in [-0.05, 0) is 99.9 Å². The Morgan fingerprint density at radius 2 is 1.12 bits per heavy atom. The largest absolute Gasteiger partial charge is 0.417 e. The van der Waals surface area contributed by atoms with Crippen molar-refractivity contribution in [3.05, 3.63) is 138 Å². The summed E-state index contributed by atoms with van der Waals surface area (Å²) < 4.78 is 78.6. The molecule has 6 heterocycles. The maximum atomic E-state index is 13.7. The minimum Gasteiger partial charge on any atom is -0.368 e. The molecule has 2 fully saturated rings. The molecular formula is C47H51F6N11O2. The molecule has 2 aliphatic heterocycles. The third kappa shape index (κ3) is 11.2. The van der Waals surface area contributed by atoms with E-state index in [1.807, 2.05) is 64.6 Å². The number of nitrogens with zero attached hydrogens (tertiary/aromatic N) is 9. The third-order valence-electron chi connectivity index (χ3n) is 12.1. The number of piperidine rings is 2. The molecule has 0 unspecified atom stereocenters. The van der Waals surface area contributed by atoms with Gasteiger partial charge in [-0.15, -0.1) is 0 Å². The first-order valence-electron chi connectivity index (χ1n) is 21.7. The lowest BCUT2D eigenvalue weighted by Gasteiger charge is -2.40. The minimum atomic E-state index is -4.43. The summed E-state index contributed by atoms with van der Waals surface area (Å²) in [5.41, 5.74) is 2.82. The van der Waals surface area contributed by atoms with Crippen molar-refractivity contribution in [2.45, 2.75) is 77.8 Å². The highest BCUT2D eigenvalue weighted by molar-refractivity contribution is 5.99. The van der Waals surface area contributed by atoms with Gasteiger partial charge in [0.15, 0.2) is 0 Å². The summed E-state index contributed by atoms with van der Waals surface area (Å²) in [6.45, 7) is 10.0. The highest BCUT2D eigenvalue weighted by Crippen LogP contribution is 2.32. The maximum Gasteiger partial charge on any atom is 0.417 e. The molecule has 66 heavy (non-hydrogen) atoms. The molecule has 13 nitrogen and oxygen atoms in total. The fourth-order valence-corrected chi connectivity index (χ4v) is 8.47. The molecule has 0 spiro atoms. The Labute approximate surface area is 378 Å². The Hall–Kier alpha value is -6.79. The van der Waals surface area contributed by atoms with Crippen LogP contribution in [0.2, 0.25) is 0 Å². The SMILES string of the molecule is Cc1ccc(-n2ccnc2)c(C(=O)N2CCC[C@@H](C)[C@H]2CNc2ccc(C(F)(F)F)cn2)c1.Cc1ccc(-n2nccn2)c(C(=O)N2CCC[C@@H](C)[C@H]2CNc2ccc(C(F)(F)F)cn2)c1. The second kappa shape index (κ2) is 20.2. The zero-order chi connectivity index (χ0) is 47.2. The number of hydrogen-bond donors (Lipinski definition) is 2. The molecule has 19 heteroatoms. The Morgan fingerprint density at radius 3 is 1.55 bits per heavy atom. The van der Waals surface area contributed by atoms with E-state index in [1.54, 1.807) is 31.1 Å². The van der Waals surface area contributed by atoms with Crippen LogP contribution >= 0.6 is 0 Å². The number of anilines is 2. The van der Waals surface area contributed by atoms with Crippen LogP contribution in [0.3, 0.4) is 0 Å². The van der Waals surface area contributed by atoms with Gasteiger partial charge in [0.05, 0.1) is 64.4 Å². The predicted molar refractivity (Wildman–Crippen MR) is 236 cm³/mol. The van der Waals surface area contributed by atoms with E-state index in [9.17, 15) is 35.9 Å². The third-order valence-corrected chi connectivity index (χ3v) is 12.1. The molecule has 2 aromatic carbocycles. The number of nitrogens with one attached hydrogen (secondary N) is 2.